The van der Waals surface area contributed by atoms with Gasteiger partial charge in [0, 0.05) is 17.4 Å². The van der Waals surface area contributed by atoms with Crippen LogP contribution in [0.5, 0.6) is 0 Å². The van der Waals surface area contributed by atoms with Crippen LogP contribution >= 0.6 is 11.6 Å². The second-order valence-electron chi connectivity index (χ2n) is 5.24. The van der Waals surface area contributed by atoms with Crippen molar-refractivity contribution in [3.63, 3.8) is 0 Å². The molecule has 0 radical (unpaired) electrons. The Morgan fingerprint density at radius 1 is 1.50 bits per heavy atom. The Labute approximate surface area is 93.2 Å². The third kappa shape index (κ3) is 2.64. The monoisotopic (exact) mass is 218 g/mol. The molecule has 0 aromatic heterocycles. The number of hydrogen-bond acceptors (Lipinski definition) is 1. The predicted molar refractivity (Wildman–Crippen MR) is 61.9 cm³/mol. The molecule has 0 heterocycles. The molecule has 0 saturated heterocycles. The summed E-state index contributed by atoms with van der Waals surface area (Å²) in [5.74, 6) is 0.685. The van der Waals surface area contributed by atoms with Gasteiger partial charge in [0.1, 0.15) is 0 Å². The van der Waals surface area contributed by atoms with Crippen molar-refractivity contribution < 1.29 is 4.74 Å². The molecule has 14 heavy (non-hydrogen) atoms. The number of rotatable bonds is 5. The number of alkyl halides is 1. The number of ether oxygens (including phenoxy) is 1. The van der Waals surface area contributed by atoms with E-state index in [9.17, 15) is 0 Å². The topological polar surface area (TPSA) is 9.23 Å². The summed E-state index contributed by atoms with van der Waals surface area (Å²) in [6, 6.07) is 0. The fourth-order valence-corrected chi connectivity index (χ4v) is 2.28. The minimum atomic E-state index is 0.174. The van der Waals surface area contributed by atoms with E-state index in [4.69, 9.17) is 16.3 Å². The van der Waals surface area contributed by atoms with Gasteiger partial charge in [-0.3, -0.25) is 0 Å². The first kappa shape index (κ1) is 12.3. The first-order valence-corrected chi connectivity index (χ1v) is 6.17. The van der Waals surface area contributed by atoms with Crippen LogP contribution in [0.4, 0.5) is 0 Å². The molecule has 0 aromatic rings. The minimum Gasteiger partial charge on any atom is -0.377 e. The van der Waals surface area contributed by atoms with Crippen molar-refractivity contribution in [2.45, 2.75) is 58.4 Å². The molecular formula is C12H23ClO. The molecule has 1 rings (SSSR count). The zero-order valence-electron chi connectivity index (χ0n) is 9.85. The maximum atomic E-state index is 6.13. The summed E-state index contributed by atoms with van der Waals surface area (Å²) in [5.41, 5.74) is 0.174. The van der Waals surface area contributed by atoms with Crippen LogP contribution < -0.4 is 0 Å². The van der Waals surface area contributed by atoms with Crippen LogP contribution in [-0.2, 0) is 4.74 Å². The van der Waals surface area contributed by atoms with E-state index in [0.29, 0.717) is 17.4 Å². The van der Waals surface area contributed by atoms with Gasteiger partial charge in [-0.25, -0.2) is 0 Å². The highest BCUT2D eigenvalue weighted by Gasteiger charge is 2.47. The molecule has 1 aliphatic carbocycles. The summed E-state index contributed by atoms with van der Waals surface area (Å²) in [5, 5.41) is 0.300. The maximum Gasteiger partial charge on any atom is 0.0654 e. The van der Waals surface area contributed by atoms with E-state index in [0.717, 1.165) is 13.0 Å². The molecule has 0 aliphatic heterocycles. The highest BCUT2D eigenvalue weighted by molar-refractivity contribution is 6.21. The average molecular weight is 219 g/mol. The fourth-order valence-electron chi connectivity index (χ4n) is 1.98. The number of halogens is 1. The maximum absolute atomic E-state index is 6.13. The molecular weight excluding hydrogens is 196 g/mol. The molecule has 0 spiro atoms. The SMILES string of the molecule is CCCC(C)COC1CC(Cl)C1(C)C. The van der Waals surface area contributed by atoms with Crippen molar-refractivity contribution in [2.75, 3.05) is 6.61 Å². The van der Waals surface area contributed by atoms with E-state index in [1.165, 1.54) is 12.8 Å². The Morgan fingerprint density at radius 2 is 2.14 bits per heavy atom. The zero-order valence-corrected chi connectivity index (χ0v) is 10.6. The normalized spacial score (nSPS) is 32.4. The third-order valence-corrected chi connectivity index (χ3v) is 4.16. The molecule has 84 valence electrons. The Balaban J connectivity index is 2.20. The lowest BCUT2D eigenvalue weighted by Gasteiger charge is -2.48. The second kappa shape index (κ2) is 4.85. The summed E-state index contributed by atoms with van der Waals surface area (Å²) in [6.07, 6.45) is 3.91. The minimum absolute atomic E-state index is 0.174. The molecule has 0 bridgehead atoms. The van der Waals surface area contributed by atoms with Crippen molar-refractivity contribution in [3.8, 4) is 0 Å². The van der Waals surface area contributed by atoms with Gasteiger partial charge in [-0.05, 0) is 18.8 Å². The van der Waals surface area contributed by atoms with Crippen LogP contribution in [0.1, 0.15) is 47.0 Å². The van der Waals surface area contributed by atoms with Gasteiger partial charge in [-0.1, -0.05) is 34.1 Å². The van der Waals surface area contributed by atoms with Crippen LogP contribution in [0.15, 0.2) is 0 Å². The van der Waals surface area contributed by atoms with Crippen LogP contribution in [0.2, 0.25) is 0 Å². The van der Waals surface area contributed by atoms with Gasteiger partial charge in [0.2, 0.25) is 0 Å². The highest BCUT2D eigenvalue weighted by atomic mass is 35.5. The van der Waals surface area contributed by atoms with Crippen LogP contribution in [-0.4, -0.2) is 18.1 Å². The van der Waals surface area contributed by atoms with Gasteiger partial charge in [-0.15, -0.1) is 11.6 Å². The molecule has 0 aromatic carbocycles. The van der Waals surface area contributed by atoms with E-state index in [1.54, 1.807) is 0 Å². The Morgan fingerprint density at radius 3 is 2.57 bits per heavy atom. The molecule has 0 N–H and O–H groups in total. The second-order valence-corrected chi connectivity index (χ2v) is 5.77. The lowest BCUT2D eigenvalue weighted by Crippen LogP contribution is -2.52. The lowest BCUT2D eigenvalue weighted by atomic mass is 9.68. The quantitative estimate of drug-likeness (QED) is 0.637. The van der Waals surface area contributed by atoms with Gasteiger partial charge in [-0.2, -0.15) is 0 Å². The first-order valence-electron chi connectivity index (χ1n) is 5.74. The Bertz CT molecular complexity index is 179. The fraction of sp³-hybridized carbons (Fsp3) is 1.00. The molecule has 1 fully saturated rings. The van der Waals surface area contributed by atoms with Crippen molar-refractivity contribution in [3.05, 3.63) is 0 Å². The summed E-state index contributed by atoms with van der Waals surface area (Å²) in [6.45, 7) is 9.77. The standard InChI is InChI=1S/C12H23ClO/c1-5-6-9(2)8-14-11-7-10(13)12(11,3)4/h9-11H,5-8H2,1-4H3. The Hall–Kier alpha value is 0.250. The molecule has 0 amide bonds. The molecule has 1 nitrogen and oxygen atoms in total. The van der Waals surface area contributed by atoms with Crippen LogP contribution in [0, 0.1) is 11.3 Å². The lowest BCUT2D eigenvalue weighted by molar-refractivity contribution is -0.0978. The van der Waals surface area contributed by atoms with Crippen LogP contribution in [0.3, 0.4) is 0 Å². The molecule has 1 saturated carbocycles. The largest absolute Gasteiger partial charge is 0.377 e. The van der Waals surface area contributed by atoms with Crippen molar-refractivity contribution in [2.24, 2.45) is 11.3 Å². The predicted octanol–water partition coefficient (Wildman–Crippen LogP) is 3.85. The van der Waals surface area contributed by atoms with Crippen molar-refractivity contribution >= 4 is 11.6 Å². The average Bonchev–Trinajstić information content (AvgIpc) is 2.12. The van der Waals surface area contributed by atoms with E-state index >= 15 is 0 Å². The zero-order chi connectivity index (χ0) is 10.8. The van der Waals surface area contributed by atoms with Gasteiger partial charge in [0.05, 0.1) is 6.10 Å². The summed E-state index contributed by atoms with van der Waals surface area (Å²) in [4.78, 5) is 0. The van der Waals surface area contributed by atoms with Gasteiger partial charge in [0.25, 0.3) is 0 Å². The van der Waals surface area contributed by atoms with E-state index in [2.05, 4.69) is 27.7 Å². The van der Waals surface area contributed by atoms with Crippen LogP contribution in [0.25, 0.3) is 0 Å². The number of hydrogen-bond donors (Lipinski definition) is 0. The van der Waals surface area contributed by atoms with Gasteiger partial charge in [0.15, 0.2) is 0 Å². The summed E-state index contributed by atoms with van der Waals surface area (Å²) < 4.78 is 5.89. The first-order chi connectivity index (χ1) is 6.48. The smallest absolute Gasteiger partial charge is 0.0654 e. The van der Waals surface area contributed by atoms with Gasteiger partial charge < -0.3 is 4.74 Å². The molecule has 3 atom stereocenters. The van der Waals surface area contributed by atoms with E-state index in [-0.39, 0.29) is 5.41 Å². The third-order valence-electron chi connectivity index (χ3n) is 3.42. The highest BCUT2D eigenvalue weighted by Crippen LogP contribution is 2.46. The van der Waals surface area contributed by atoms with E-state index in [1.807, 2.05) is 0 Å². The van der Waals surface area contributed by atoms with Crippen molar-refractivity contribution in [1.29, 1.82) is 0 Å². The Kier molecular flexibility index (Phi) is 4.27. The molecule has 3 unspecified atom stereocenters. The van der Waals surface area contributed by atoms with Crippen molar-refractivity contribution in [1.82, 2.24) is 0 Å². The van der Waals surface area contributed by atoms with E-state index < -0.39 is 0 Å². The summed E-state index contributed by atoms with van der Waals surface area (Å²) >= 11 is 6.13. The summed E-state index contributed by atoms with van der Waals surface area (Å²) in [7, 11) is 0. The molecule has 2 heteroatoms. The van der Waals surface area contributed by atoms with Gasteiger partial charge >= 0.3 is 0 Å². The molecule has 1 aliphatic rings.